The molecule has 2 amide bonds. The molecule has 6 aliphatic rings. The van der Waals surface area contributed by atoms with E-state index in [1.54, 1.807) is 25.6 Å². The topological polar surface area (TPSA) is 188 Å². The fourth-order valence-corrected chi connectivity index (χ4v) is 12.9. The van der Waals surface area contributed by atoms with Crippen LogP contribution in [0.25, 0.3) is 33.4 Å². The standard InChI is InChI=1S/C57H72F2N10O8S/c1-33-46(52-60-15-7-16-61-52)47(33)53(70)64-49-51(76-30-45(58)59)54-63-43(31-78-54)35-9-12-44-39(26-35)41(28-57(3,4)32-77-56(72)42-8-6-17-69(65-42)55(49)71)50(68(44)22-25-75-38-13-23-74-24-14-38)40-27-37(29-62-48(40)34(2)73-5)67-20-18-66(19-21-67)36-10-11-36/h7,9,12,15-16,26-27,29,31,33-34,36,38,42,45-47,49,51,65H,6,8,10-11,13-14,17-25,28,30,32H2,1-5H3,(H,64,70)/t33-,34-,42-,46+,47+,49-,51-/m0/s1. The zero-order valence-corrected chi connectivity index (χ0v) is 46.0. The molecule has 8 heterocycles. The number of methoxy groups -OCH3 is 1. The van der Waals surface area contributed by atoms with E-state index in [1.165, 1.54) is 17.9 Å². The molecule has 78 heavy (non-hydrogen) atoms. The maximum Gasteiger partial charge on any atom is 0.324 e. The number of amides is 2. The summed E-state index contributed by atoms with van der Waals surface area (Å²) < 4.78 is 61.6. The van der Waals surface area contributed by atoms with Crippen molar-refractivity contribution < 1.29 is 46.8 Å². The maximum atomic E-state index is 15.0. The van der Waals surface area contributed by atoms with Crippen molar-refractivity contribution in [3.8, 4) is 22.5 Å². The number of carbonyl (C=O) groups excluding carboxylic acids is 3. The minimum absolute atomic E-state index is 0.0467. The molecule has 4 aromatic heterocycles. The molecule has 5 aromatic rings. The van der Waals surface area contributed by atoms with Crippen molar-refractivity contribution in [2.24, 2.45) is 17.3 Å². The molecule has 5 fully saturated rings. The number of benzene rings is 1. The normalized spacial score (nSPS) is 25.7. The minimum Gasteiger partial charge on any atom is -0.464 e. The Morgan fingerprint density at radius 2 is 1.78 bits per heavy atom. The van der Waals surface area contributed by atoms with Gasteiger partial charge in [0.05, 0.1) is 60.3 Å². The van der Waals surface area contributed by atoms with Gasteiger partial charge in [0, 0.05) is 117 Å². The Labute approximate surface area is 457 Å². The Kier molecular flexibility index (Phi) is 16.2. The molecular formula is C57H72F2N10O8S. The second-order valence-corrected chi connectivity index (χ2v) is 23.5. The number of cyclic esters (lactones) is 1. The number of alkyl halides is 2. The number of hydrogen-bond acceptors (Lipinski definition) is 16. The van der Waals surface area contributed by atoms with Crippen molar-refractivity contribution in [3.63, 3.8) is 0 Å². The Morgan fingerprint density at radius 3 is 2.53 bits per heavy atom. The van der Waals surface area contributed by atoms with Crippen LogP contribution < -0.4 is 15.6 Å². The van der Waals surface area contributed by atoms with Crippen molar-refractivity contribution in [1.82, 2.24) is 45.2 Å². The van der Waals surface area contributed by atoms with Crippen molar-refractivity contribution in [2.75, 3.05) is 77.8 Å². The number of nitrogens with one attached hydrogen (secondary N) is 2. The van der Waals surface area contributed by atoms with E-state index in [1.807, 2.05) is 31.5 Å². The van der Waals surface area contributed by atoms with Crippen LogP contribution in [0.3, 0.4) is 0 Å². The van der Waals surface area contributed by atoms with Crippen LogP contribution in [0, 0.1) is 17.3 Å². The van der Waals surface area contributed by atoms with Crippen molar-refractivity contribution in [1.29, 1.82) is 0 Å². The van der Waals surface area contributed by atoms with Gasteiger partial charge in [-0.25, -0.2) is 29.2 Å². The first kappa shape index (κ1) is 54.4. The zero-order chi connectivity index (χ0) is 54.2. The lowest BCUT2D eigenvalue weighted by Crippen LogP contribution is -2.61. The molecule has 0 radical (unpaired) electrons. The van der Waals surface area contributed by atoms with Gasteiger partial charge in [-0.1, -0.05) is 26.8 Å². The number of thiazole rings is 1. The number of ether oxygens (including phenoxy) is 5. The quantitative estimate of drug-likeness (QED) is 0.0995. The Bertz CT molecular complexity index is 2940. The predicted octanol–water partition coefficient (Wildman–Crippen LogP) is 7.28. The number of aromatic nitrogens is 5. The highest BCUT2D eigenvalue weighted by Crippen LogP contribution is 2.53. The van der Waals surface area contributed by atoms with Crippen molar-refractivity contribution in [3.05, 3.63) is 76.4 Å². The van der Waals surface area contributed by atoms with Crippen LogP contribution in [0.5, 0.6) is 0 Å². The SMILES string of the molecule is CO[C@@H](C)c1ncc(N2CCN(C3CC3)CC2)cc1-c1c2c3cc(ccc3n1CCOC1CCOCC1)-c1csc(n1)[C@@H](OCC(F)F)[C@H](NC(=O)[C@@H]1[C@@H](C)[C@H]1c1ncccn1)C(=O)N1CCC[C@H](N1)C(=O)OCC(C)(C)C2. The lowest BCUT2D eigenvalue weighted by molar-refractivity contribution is -0.157. The first-order valence-electron chi connectivity index (χ1n) is 27.8. The van der Waals surface area contributed by atoms with Crippen LogP contribution >= 0.6 is 11.3 Å². The molecule has 4 aliphatic heterocycles. The largest absolute Gasteiger partial charge is 0.464 e. The summed E-state index contributed by atoms with van der Waals surface area (Å²) in [7, 11) is 1.70. The van der Waals surface area contributed by atoms with E-state index >= 15 is 0 Å². The van der Waals surface area contributed by atoms with Crippen LogP contribution in [-0.4, -0.2) is 156 Å². The van der Waals surface area contributed by atoms with Gasteiger partial charge in [-0.2, -0.15) is 0 Å². The van der Waals surface area contributed by atoms with E-state index < -0.39 is 60.3 Å². The molecule has 2 aliphatic carbocycles. The molecule has 2 saturated carbocycles. The summed E-state index contributed by atoms with van der Waals surface area (Å²) >= 11 is 1.16. The van der Waals surface area contributed by atoms with Crippen LogP contribution in [0.4, 0.5) is 14.5 Å². The van der Waals surface area contributed by atoms with Gasteiger partial charge in [0.25, 0.3) is 12.3 Å². The fraction of sp³-hybridized carbons (Fsp3) is 0.596. The van der Waals surface area contributed by atoms with Gasteiger partial charge in [0.1, 0.15) is 35.6 Å². The molecule has 418 valence electrons. The smallest absolute Gasteiger partial charge is 0.324 e. The van der Waals surface area contributed by atoms with Crippen LogP contribution in [0.15, 0.2) is 54.3 Å². The number of fused-ring (bicyclic) bond motifs is 6. The first-order chi connectivity index (χ1) is 37.7. The van der Waals surface area contributed by atoms with Gasteiger partial charge in [-0.05, 0) is 87.6 Å². The van der Waals surface area contributed by atoms with E-state index in [0.717, 1.165) is 95.0 Å². The molecular weight excluding hydrogens is 1020 g/mol. The molecule has 6 bridgehead atoms. The average Bonchev–Trinajstić information content (AvgIpc) is 4.54. The number of nitrogens with zero attached hydrogens (tertiary/aromatic N) is 8. The molecule has 3 saturated heterocycles. The third-order valence-electron chi connectivity index (χ3n) is 16.5. The number of esters is 1. The summed E-state index contributed by atoms with van der Waals surface area (Å²) in [5, 5.41) is 7.20. The number of hydrazine groups is 1. The zero-order valence-electron chi connectivity index (χ0n) is 45.2. The minimum atomic E-state index is -2.90. The van der Waals surface area contributed by atoms with Gasteiger partial charge in [-0.15, -0.1) is 11.3 Å². The number of halogens is 2. The molecule has 2 N–H and O–H groups in total. The number of rotatable bonds is 15. The van der Waals surface area contributed by atoms with Gasteiger partial charge in [-0.3, -0.25) is 29.3 Å². The first-order valence-corrected chi connectivity index (χ1v) is 28.7. The van der Waals surface area contributed by atoms with Gasteiger partial charge in [0.15, 0.2) is 0 Å². The van der Waals surface area contributed by atoms with E-state index in [9.17, 15) is 23.2 Å². The van der Waals surface area contributed by atoms with Gasteiger partial charge < -0.3 is 38.5 Å². The summed E-state index contributed by atoms with van der Waals surface area (Å²) in [6.45, 7) is 13.3. The van der Waals surface area contributed by atoms with Crippen LogP contribution in [0.1, 0.15) is 106 Å². The number of pyridine rings is 1. The third-order valence-corrected chi connectivity index (χ3v) is 17.4. The number of piperazine rings is 1. The molecule has 21 heteroatoms. The Morgan fingerprint density at radius 1 is 1.00 bits per heavy atom. The summed E-state index contributed by atoms with van der Waals surface area (Å²) in [6, 6.07) is 8.42. The lowest BCUT2D eigenvalue weighted by Gasteiger charge is -2.37. The summed E-state index contributed by atoms with van der Waals surface area (Å²) in [6.07, 6.45) is 6.00. The maximum absolute atomic E-state index is 15.0. The van der Waals surface area contributed by atoms with E-state index in [-0.39, 0.29) is 42.2 Å². The highest BCUT2D eigenvalue weighted by atomic mass is 32.1. The van der Waals surface area contributed by atoms with E-state index in [4.69, 9.17) is 33.7 Å². The Hall–Kier alpha value is -5.55. The number of carbonyl (C=O) groups is 3. The lowest BCUT2D eigenvalue weighted by atomic mass is 9.84. The molecule has 0 spiro atoms. The van der Waals surface area contributed by atoms with Crippen LogP contribution in [-0.2, 0) is 51.0 Å². The average molecular weight is 1100 g/mol. The van der Waals surface area contributed by atoms with E-state index in [0.29, 0.717) is 63.2 Å². The second kappa shape index (κ2) is 23.3. The molecule has 1 aromatic carbocycles. The van der Waals surface area contributed by atoms with Crippen molar-refractivity contribution in [2.45, 2.75) is 128 Å². The number of anilines is 1. The molecule has 18 nitrogen and oxygen atoms in total. The molecule has 0 unspecified atom stereocenters. The summed E-state index contributed by atoms with van der Waals surface area (Å²) in [5.74, 6) is -2.27. The van der Waals surface area contributed by atoms with Crippen molar-refractivity contribution >= 4 is 45.7 Å². The Balaban J connectivity index is 1.04. The van der Waals surface area contributed by atoms with E-state index in [2.05, 4.69) is 67.1 Å². The van der Waals surface area contributed by atoms with Gasteiger partial charge >= 0.3 is 5.97 Å². The fourth-order valence-electron chi connectivity index (χ4n) is 12.0. The number of hydrogen-bond donors (Lipinski definition) is 2. The highest BCUT2D eigenvalue weighted by molar-refractivity contribution is 7.10. The molecule has 7 atom stereocenters. The van der Waals surface area contributed by atoms with Crippen LogP contribution in [0.2, 0.25) is 0 Å². The van der Waals surface area contributed by atoms with Gasteiger partial charge in [0.2, 0.25) is 5.91 Å². The summed E-state index contributed by atoms with van der Waals surface area (Å²) in [5.41, 5.74) is 9.41. The second-order valence-electron chi connectivity index (χ2n) is 22.6. The molecule has 11 rings (SSSR count). The predicted molar refractivity (Wildman–Crippen MR) is 289 cm³/mol. The monoisotopic (exact) mass is 1090 g/mol. The summed E-state index contributed by atoms with van der Waals surface area (Å²) in [4.78, 5) is 67.8. The highest BCUT2D eigenvalue weighted by Gasteiger charge is 2.55. The third kappa shape index (κ3) is 11.7.